The van der Waals surface area contributed by atoms with Crippen LogP contribution in [0.4, 0.5) is 0 Å². The van der Waals surface area contributed by atoms with Crippen molar-refractivity contribution in [3.8, 4) is 0 Å². The molecule has 0 unspecified atom stereocenters. The fourth-order valence-corrected chi connectivity index (χ4v) is 3.68. The molecule has 0 bridgehead atoms. The van der Waals surface area contributed by atoms with E-state index in [0.717, 1.165) is 19.3 Å². The van der Waals surface area contributed by atoms with E-state index in [1.54, 1.807) is 0 Å². The number of hydrogen-bond acceptors (Lipinski definition) is 2. The highest BCUT2D eigenvalue weighted by molar-refractivity contribution is 5.83. The molecular formula is C17H27N3O. The molecule has 1 heterocycles. The maximum atomic E-state index is 12.7. The fraction of sp³-hybridized carbons (Fsp3) is 0.765. The molecule has 2 aliphatic carbocycles. The number of aromatic nitrogens is 2. The molecule has 0 N–H and O–H groups in total. The largest absolute Gasteiger partial charge is 0.343 e. The Bertz CT molecular complexity index is 524. The molecule has 2 fully saturated rings. The monoisotopic (exact) mass is 289 g/mol. The molecule has 0 aliphatic heterocycles. The Hall–Kier alpha value is -1.32. The summed E-state index contributed by atoms with van der Waals surface area (Å²) in [6.07, 6.45) is 9.70. The minimum absolute atomic E-state index is 0.189. The van der Waals surface area contributed by atoms with Crippen LogP contribution in [0.1, 0.15) is 57.4 Å². The molecule has 0 spiro atoms. The average molecular weight is 289 g/mol. The highest BCUT2D eigenvalue weighted by Crippen LogP contribution is 2.49. The summed E-state index contributed by atoms with van der Waals surface area (Å²) >= 11 is 0. The van der Waals surface area contributed by atoms with Gasteiger partial charge in [0.05, 0.1) is 6.20 Å². The van der Waals surface area contributed by atoms with Crippen LogP contribution in [0.5, 0.6) is 0 Å². The number of hydrogen-bond donors (Lipinski definition) is 0. The van der Waals surface area contributed by atoms with E-state index in [1.807, 2.05) is 36.1 Å². The van der Waals surface area contributed by atoms with Crippen LogP contribution in [-0.4, -0.2) is 33.7 Å². The van der Waals surface area contributed by atoms with Crippen molar-refractivity contribution in [3.63, 3.8) is 0 Å². The first kappa shape index (κ1) is 14.6. The predicted octanol–water partition coefficient (Wildman–Crippen LogP) is 2.95. The first-order valence-corrected chi connectivity index (χ1v) is 8.12. The van der Waals surface area contributed by atoms with Gasteiger partial charge in [0.25, 0.3) is 0 Å². The lowest BCUT2D eigenvalue weighted by Gasteiger charge is -2.38. The lowest BCUT2D eigenvalue weighted by molar-refractivity contribution is -0.134. The van der Waals surface area contributed by atoms with Gasteiger partial charge in [0.1, 0.15) is 0 Å². The van der Waals surface area contributed by atoms with Gasteiger partial charge in [0, 0.05) is 32.3 Å². The van der Waals surface area contributed by atoms with E-state index in [-0.39, 0.29) is 5.92 Å². The Morgan fingerprint density at radius 2 is 2.05 bits per heavy atom. The predicted molar refractivity (Wildman–Crippen MR) is 82.9 cm³/mol. The molecule has 3 rings (SSSR count). The van der Waals surface area contributed by atoms with Gasteiger partial charge in [-0.25, -0.2) is 0 Å². The van der Waals surface area contributed by atoms with Crippen molar-refractivity contribution in [2.45, 2.75) is 57.9 Å². The van der Waals surface area contributed by atoms with Crippen LogP contribution in [0.3, 0.4) is 0 Å². The summed E-state index contributed by atoms with van der Waals surface area (Å²) in [7, 11) is 3.93. The van der Waals surface area contributed by atoms with Gasteiger partial charge in [-0.3, -0.25) is 9.48 Å². The minimum atomic E-state index is 0.189. The smallest absolute Gasteiger partial charge is 0.226 e. The van der Waals surface area contributed by atoms with Crippen molar-refractivity contribution >= 4 is 5.91 Å². The molecule has 1 aromatic heterocycles. The Labute approximate surface area is 127 Å². The summed E-state index contributed by atoms with van der Waals surface area (Å²) in [4.78, 5) is 14.7. The zero-order valence-electron chi connectivity index (χ0n) is 13.7. The number of aryl methyl sites for hydroxylation is 1. The van der Waals surface area contributed by atoms with Crippen LogP contribution in [0.2, 0.25) is 0 Å². The summed E-state index contributed by atoms with van der Waals surface area (Å²) in [6.45, 7) is 4.68. The summed E-state index contributed by atoms with van der Waals surface area (Å²) in [5.74, 6) is 0.927. The Morgan fingerprint density at radius 3 is 2.62 bits per heavy atom. The molecule has 0 saturated heterocycles. The molecule has 2 saturated carbocycles. The molecule has 1 amide bonds. The van der Waals surface area contributed by atoms with Crippen molar-refractivity contribution < 1.29 is 4.79 Å². The van der Waals surface area contributed by atoms with Crippen molar-refractivity contribution in [1.29, 1.82) is 0 Å². The van der Waals surface area contributed by atoms with Gasteiger partial charge in [0.15, 0.2) is 0 Å². The standard InChI is InChI=1S/C17H27N3O/c1-17(2)7-5-13(6-8-17)20(4)16(21)15-9-14(15)12-10-18-19(3)11-12/h10-11,13-15H,5-9H2,1-4H3/t14-,15+/m0/s1. The Morgan fingerprint density at radius 1 is 1.38 bits per heavy atom. The SMILES string of the molecule is CN(C(=O)[C@@H]1C[C@H]1c1cnn(C)c1)C1CCC(C)(C)CC1. The second kappa shape index (κ2) is 5.15. The van der Waals surface area contributed by atoms with E-state index in [9.17, 15) is 4.79 Å². The van der Waals surface area contributed by atoms with Crippen molar-refractivity contribution in [2.24, 2.45) is 18.4 Å². The summed E-state index contributed by atoms with van der Waals surface area (Å²) < 4.78 is 1.82. The third-order valence-corrected chi connectivity index (χ3v) is 5.46. The Balaban J connectivity index is 1.57. The second-order valence-electron chi connectivity index (χ2n) is 7.74. The Kier molecular flexibility index (Phi) is 3.58. The van der Waals surface area contributed by atoms with E-state index < -0.39 is 0 Å². The first-order valence-electron chi connectivity index (χ1n) is 8.12. The van der Waals surface area contributed by atoms with Gasteiger partial charge in [-0.15, -0.1) is 0 Å². The summed E-state index contributed by atoms with van der Waals surface area (Å²) in [6, 6.07) is 0.445. The van der Waals surface area contributed by atoms with E-state index in [0.29, 0.717) is 23.3 Å². The van der Waals surface area contributed by atoms with Gasteiger partial charge in [0.2, 0.25) is 5.91 Å². The molecule has 2 aliphatic rings. The molecule has 2 atom stereocenters. The van der Waals surface area contributed by atoms with Crippen LogP contribution in [0.15, 0.2) is 12.4 Å². The van der Waals surface area contributed by atoms with E-state index in [1.165, 1.54) is 18.4 Å². The number of amides is 1. The molecule has 0 aromatic carbocycles. The number of carbonyl (C=O) groups excluding carboxylic acids is 1. The third kappa shape index (κ3) is 2.99. The third-order valence-electron chi connectivity index (χ3n) is 5.46. The number of nitrogens with zero attached hydrogens (tertiary/aromatic N) is 3. The first-order chi connectivity index (χ1) is 9.87. The highest BCUT2D eigenvalue weighted by atomic mass is 16.2. The van der Waals surface area contributed by atoms with Crippen LogP contribution in [-0.2, 0) is 11.8 Å². The van der Waals surface area contributed by atoms with Gasteiger partial charge in [-0.2, -0.15) is 5.10 Å². The summed E-state index contributed by atoms with van der Waals surface area (Å²) in [5.41, 5.74) is 1.67. The van der Waals surface area contributed by atoms with Crippen molar-refractivity contribution in [3.05, 3.63) is 18.0 Å². The average Bonchev–Trinajstić information content (AvgIpc) is 3.12. The maximum absolute atomic E-state index is 12.7. The lowest BCUT2D eigenvalue weighted by Crippen LogP contribution is -2.41. The zero-order chi connectivity index (χ0) is 15.2. The molecule has 4 heteroatoms. The second-order valence-corrected chi connectivity index (χ2v) is 7.74. The van der Waals surface area contributed by atoms with Crippen LogP contribution in [0, 0.1) is 11.3 Å². The van der Waals surface area contributed by atoms with Gasteiger partial charge in [-0.1, -0.05) is 13.8 Å². The highest BCUT2D eigenvalue weighted by Gasteiger charge is 2.47. The topological polar surface area (TPSA) is 38.1 Å². The van der Waals surface area contributed by atoms with E-state index in [2.05, 4.69) is 18.9 Å². The lowest BCUT2D eigenvalue weighted by atomic mass is 9.75. The van der Waals surface area contributed by atoms with Crippen LogP contribution >= 0.6 is 0 Å². The normalized spacial score (nSPS) is 28.4. The molecule has 1 aromatic rings. The summed E-state index contributed by atoms with van der Waals surface area (Å²) in [5, 5.41) is 4.21. The maximum Gasteiger partial charge on any atom is 0.226 e. The number of carbonyl (C=O) groups is 1. The number of rotatable bonds is 3. The quantitative estimate of drug-likeness (QED) is 0.858. The van der Waals surface area contributed by atoms with Gasteiger partial charge < -0.3 is 4.90 Å². The van der Waals surface area contributed by atoms with Crippen LogP contribution in [0.25, 0.3) is 0 Å². The van der Waals surface area contributed by atoms with Crippen molar-refractivity contribution in [1.82, 2.24) is 14.7 Å². The molecule has 21 heavy (non-hydrogen) atoms. The fourth-order valence-electron chi connectivity index (χ4n) is 3.68. The minimum Gasteiger partial charge on any atom is -0.343 e. The molecule has 4 nitrogen and oxygen atoms in total. The zero-order valence-corrected chi connectivity index (χ0v) is 13.7. The molecule has 0 radical (unpaired) electrons. The van der Waals surface area contributed by atoms with Gasteiger partial charge in [-0.05, 0) is 49.0 Å². The molecule has 116 valence electrons. The van der Waals surface area contributed by atoms with E-state index >= 15 is 0 Å². The van der Waals surface area contributed by atoms with Crippen LogP contribution < -0.4 is 0 Å². The van der Waals surface area contributed by atoms with E-state index in [4.69, 9.17) is 0 Å². The van der Waals surface area contributed by atoms with Crippen molar-refractivity contribution in [2.75, 3.05) is 7.05 Å². The molecular weight excluding hydrogens is 262 g/mol. The van der Waals surface area contributed by atoms with Gasteiger partial charge >= 0.3 is 0 Å².